The molecule has 18 heavy (non-hydrogen) atoms. The second-order valence-electron chi connectivity index (χ2n) is 4.79. The lowest BCUT2D eigenvalue weighted by Gasteiger charge is -2.21. The van der Waals surface area contributed by atoms with Crippen LogP contribution in [0.25, 0.3) is 0 Å². The van der Waals surface area contributed by atoms with Gasteiger partial charge in [0.1, 0.15) is 0 Å². The summed E-state index contributed by atoms with van der Waals surface area (Å²) in [7, 11) is 0. The lowest BCUT2D eigenvalue weighted by Crippen LogP contribution is -2.40. The molecule has 6 heteroatoms. The lowest BCUT2D eigenvalue weighted by atomic mass is 9.97. The summed E-state index contributed by atoms with van der Waals surface area (Å²) in [4.78, 5) is 23.1. The van der Waals surface area contributed by atoms with Gasteiger partial charge in [0.2, 0.25) is 11.8 Å². The number of rotatable bonds is 5. The average Bonchev–Trinajstić information content (AvgIpc) is 2.29. The molecule has 3 N–H and O–H groups in total. The fourth-order valence-corrected chi connectivity index (χ4v) is 1.92. The van der Waals surface area contributed by atoms with Crippen LogP contribution in [0, 0.1) is 5.92 Å². The molecule has 1 rings (SSSR count). The molecule has 0 aromatic heterocycles. The molecule has 0 unspecified atom stereocenters. The van der Waals surface area contributed by atoms with Crippen LogP contribution in [0.2, 0.25) is 0 Å². The predicted octanol–water partition coefficient (Wildman–Crippen LogP) is 0.439. The zero-order valence-corrected chi connectivity index (χ0v) is 11.9. The molecule has 0 bridgehead atoms. The minimum Gasteiger partial charge on any atom is -0.355 e. The van der Waals surface area contributed by atoms with E-state index in [1.165, 1.54) is 0 Å². The maximum atomic E-state index is 11.7. The minimum absolute atomic E-state index is 0. The van der Waals surface area contributed by atoms with Crippen molar-refractivity contribution in [3.05, 3.63) is 0 Å². The Hall–Kier alpha value is -0.810. The third-order valence-corrected chi connectivity index (χ3v) is 2.81. The monoisotopic (exact) mass is 277 g/mol. The summed E-state index contributed by atoms with van der Waals surface area (Å²) in [6.07, 6.45) is 2.14. The summed E-state index contributed by atoms with van der Waals surface area (Å²) in [5.74, 6) is 0.193. The van der Waals surface area contributed by atoms with Crippen LogP contribution < -0.4 is 16.0 Å². The minimum atomic E-state index is -0.00869. The predicted molar refractivity (Wildman–Crippen MR) is 73.7 cm³/mol. The van der Waals surface area contributed by atoms with Crippen LogP contribution in [-0.2, 0) is 9.59 Å². The van der Waals surface area contributed by atoms with E-state index in [1.807, 2.05) is 13.8 Å². The summed E-state index contributed by atoms with van der Waals surface area (Å²) >= 11 is 0. The quantitative estimate of drug-likeness (QED) is 0.683. The molecule has 1 aliphatic heterocycles. The number of nitrogens with one attached hydrogen (secondary N) is 3. The van der Waals surface area contributed by atoms with E-state index < -0.39 is 0 Å². The number of hydrogen-bond acceptors (Lipinski definition) is 3. The molecule has 106 valence electrons. The molecular weight excluding hydrogens is 254 g/mol. The van der Waals surface area contributed by atoms with E-state index in [4.69, 9.17) is 0 Å². The Labute approximate surface area is 115 Å². The van der Waals surface area contributed by atoms with Crippen LogP contribution in [-0.4, -0.2) is 37.5 Å². The Morgan fingerprint density at radius 1 is 1.28 bits per heavy atom. The Bertz CT molecular complexity index is 266. The molecule has 1 saturated heterocycles. The first kappa shape index (κ1) is 17.2. The van der Waals surface area contributed by atoms with Crippen LogP contribution in [0.1, 0.15) is 33.1 Å². The van der Waals surface area contributed by atoms with Gasteiger partial charge >= 0.3 is 0 Å². The highest BCUT2D eigenvalue weighted by atomic mass is 35.5. The first-order valence-electron chi connectivity index (χ1n) is 6.37. The number of carbonyl (C=O) groups excluding carboxylic acids is 2. The van der Waals surface area contributed by atoms with E-state index in [0.29, 0.717) is 13.0 Å². The highest BCUT2D eigenvalue weighted by Gasteiger charge is 2.20. The molecule has 0 saturated carbocycles. The molecule has 0 radical (unpaired) electrons. The van der Waals surface area contributed by atoms with Gasteiger partial charge in [-0.3, -0.25) is 9.59 Å². The molecule has 0 atom stereocenters. The van der Waals surface area contributed by atoms with E-state index in [0.717, 1.165) is 25.9 Å². The maximum Gasteiger partial charge on any atom is 0.223 e. The van der Waals surface area contributed by atoms with Crippen molar-refractivity contribution in [3.63, 3.8) is 0 Å². The summed E-state index contributed by atoms with van der Waals surface area (Å²) in [5, 5.41) is 8.85. The van der Waals surface area contributed by atoms with Crippen molar-refractivity contribution >= 4 is 24.2 Å². The van der Waals surface area contributed by atoms with Gasteiger partial charge in [0, 0.05) is 24.9 Å². The fraction of sp³-hybridized carbons (Fsp3) is 0.833. The SMILES string of the molecule is CC(C)NC(=O)CCNC(=O)C1CCNCC1.Cl. The number of amides is 2. The smallest absolute Gasteiger partial charge is 0.223 e. The lowest BCUT2D eigenvalue weighted by molar-refractivity contribution is -0.126. The highest BCUT2D eigenvalue weighted by molar-refractivity contribution is 5.85. The van der Waals surface area contributed by atoms with Crippen LogP contribution in [0.3, 0.4) is 0 Å². The van der Waals surface area contributed by atoms with Crippen molar-refractivity contribution in [2.24, 2.45) is 5.92 Å². The van der Waals surface area contributed by atoms with Gasteiger partial charge in [-0.2, -0.15) is 0 Å². The van der Waals surface area contributed by atoms with E-state index >= 15 is 0 Å². The summed E-state index contributed by atoms with van der Waals surface area (Å²) in [5.41, 5.74) is 0. The van der Waals surface area contributed by atoms with Crippen LogP contribution in [0.5, 0.6) is 0 Å². The molecule has 5 nitrogen and oxygen atoms in total. The van der Waals surface area contributed by atoms with Crippen LogP contribution >= 0.6 is 12.4 Å². The Kier molecular flexibility index (Phi) is 8.75. The van der Waals surface area contributed by atoms with Crippen molar-refractivity contribution < 1.29 is 9.59 Å². The van der Waals surface area contributed by atoms with Gasteiger partial charge < -0.3 is 16.0 Å². The third-order valence-electron chi connectivity index (χ3n) is 2.81. The molecule has 1 aliphatic rings. The number of piperidine rings is 1. The molecule has 0 aliphatic carbocycles. The Balaban J connectivity index is 0.00000289. The average molecular weight is 278 g/mol. The first-order chi connectivity index (χ1) is 8.09. The Morgan fingerprint density at radius 2 is 1.89 bits per heavy atom. The van der Waals surface area contributed by atoms with Crippen molar-refractivity contribution in [1.29, 1.82) is 0 Å². The number of carbonyl (C=O) groups is 2. The largest absolute Gasteiger partial charge is 0.355 e. The maximum absolute atomic E-state index is 11.7. The molecule has 0 aromatic rings. The van der Waals surface area contributed by atoms with E-state index in [-0.39, 0.29) is 36.2 Å². The first-order valence-corrected chi connectivity index (χ1v) is 6.37. The van der Waals surface area contributed by atoms with E-state index in [2.05, 4.69) is 16.0 Å². The normalized spacial score (nSPS) is 15.9. The van der Waals surface area contributed by atoms with Gasteiger partial charge in [-0.1, -0.05) is 0 Å². The number of halogens is 1. The molecule has 2 amide bonds. The van der Waals surface area contributed by atoms with Crippen LogP contribution in [0.15, 0.2) is 0 Å². The van der Waals surface area contributed by atoms with Gasteiger partial charge in [0.25, 0.3) is 0 Å². The van der Waals surface area contributed by atoms with Crippen molar-refractivity contribution in [3.8, 4) is 0 Å². The fourth-order valence-electron chi connectivity index (χ4n) is 1.92. The van der Waals surface area contributed by atoms with Gasteiger partial charge in [-0.25, -0.2) is 0 Å². The molecular formula is C12H24ClN3O2. The summed E-state index contributed by atoms with van der Waals surface area (Å²) in [6.45, 7) is 6.09. The third kappa shape index (κ3) is 6.81. The number of hydrogen-bond donors (Lipinski definition) is 3. The van der Waals surface area contributed by atoms with Crippen molar-refractivity contribution in [2.45, 2.75) is 39.2 Å². The van der Waals surface area contributed by atoms with Crippen molar-refractivity contribution in [1.82, 2.24) is 16.0 Å². The molecule has 1 heterocycles. The highest BCUT2D eigenvalue weighted by Crippen LogP contribution is 2.10. The van der Waals surface area contributed by atoms with Gasteiger partial charge in [0.05, 0.1) is 0 Å². The zero-order valence-electron chi connectivity index (χ0n) is 11.1. The Morgan fingerprint density at radius 3 is 2.44 bits per heavy atom. The standard InChI is InChI=1S/C12H23N3O2.ClH/c1-9(2)15-11(16)5-8-14-12(17)10-3-6-13-7-4-10;/h9-10,13H,3-8H2,1-2H3,(H,14,17)(H,15,16);1H. The molecule has 1 fully saturated rings. The van der Waals surface area contributed by atoms with Gasteiger partial charge in [-0.05, 0) is 39.8 Å². The topological polar surface area (TPSA) is 70.2 Å². The second kappa shape index (κ2) is 9.16. The van der Waals surface area contributed by atoms with Crippen molar-refractivity contribution in [2.75, 3.05) is 19.6 Å². The van der Waals surface area contributed by atoms with E-state index in [9.17, 15) is 9.59 Å². The van der Waals surface area contributed by atoms with E-state index in [1.54, 1.807) is 0 Å². The summed E-state index contributed by atoms with van der Waals surface area (Å²) < 4.78 is 0. The second-order valence-corrected chi connectivity index (χ2v) is 4.79. The molecule has 0 aromatic carbocycles. The van der Waals surface area contributed by atoms with Crippen LogP contribution in [0.4, 0.5) is 0 Å². The van der Waals surface area contributed by atoms with Gasteiger partial charge in [-0.15, -0.1) is 12.4 Å². The molecule has 0 spiro atoms. The zero-order chi connectivity index (χ0) is 12.7. The van der Waals surface area contributed by atoms with Gasteiger partial charge in [0.15, 0.2) is 0 Å². The summed E-state index contributed by atoms with van der Waals surface area (Å²) in [6, 6.07) is 0.155.